The number of hydrogen-bond acceptors (Lipinski definition) is 8. The number of nitrogens with two attached hydrogens (primary N) is 1. The van der Waals surface area contributed by atoms with Gasteiger partial charge in [0.05, 0.1) is 30.3 Å². The Morgan fingerprint density at radius 3 is 2.34 bits per heavy atom. The average Bonchev–Trinajstić information content (AvgIpc) is 2.96. The molecule has 0 spiro atoms. The summed E-state index contributed by atoms with van der Waals surface area (Å²) in [5, 5.41) is 0.995. The molecule has 38 heavy (non-hydrogen) atoms. The van der Waals surface area contributed by atoms with Gasteiger partial charge in [-0.05, 0) is 23.8 Å². The molecule has 0 radical (unpaired) electrons. The highest BCUT2D eigenvalue weighted by molar-refractivity contribution is 6.35. The molecule has 2 heterocycles. The van der Waals surface area contributed by atoms with Gasteiger partial charge in [0, 0.05) is 37.6 Å². The second-order valence-electron chi connectivity index (χ2n) is 8.80. The van der Waals surface area contributed by atoms with E-state index in [1.165, 1.54) is 0 Å². The van der Waals surface area contributed by atoms with Crippen LogP contribution in [0.3, 0.4) is 0 Å². The van der Waals surface area contributed by atoms with Crippen LogP contribution in [0.4, 0.5) is 11.8 Å². The van der Waals surface area contributed by atoms with Crippen molar-refractivity contribution >= 4 is 40.2 Å². The summed E-state index contributed by atoms with van der Waals surface area (Å²) >= 11 is 6.60. The molecule has 1 fully saturated rings. The molecule has 196 valence electrons. The zero-order valence-corrected chi connectivity index (χ0v) is 21.9. The van der Waals surface area contributed by atoms with Crippen LogP contribution in [0.1, 0.15) is 15.9 Å². The van der Waals surface area contributed by atoms with Gasteiger partial charge in [-0.3, -0.25) is 4.79 Å². The van der Waals surface area contributed by atoms with Crippen LogP contribution < -0.4 is 24.8 Å². The van der Waals surface area contributed by atoms with E-state index in [9.17, 15) is 4.79 Å². The van der Waals surface area contributed by atoms with Crippen molar-refractivity contribution in [3.8, 4) is 17.2 Å². The van der Waals surface area contributed by atoms with Gasteiger partial charge in [-0.2, -0.15) is 4.98 Å². The Morgan fingerprint density at radius 1 is 0.921 bits per heavy atom. The fourth-order valence-electron chi connectivity index (χ4n) is 4.41. The van der Waals surface area contributed by atoms with Crippen molar-refractivity contribution in [2.24, 2.45) is 0 Å². The monoisotopic (exact) mass is 533 g/mol. The highest BCUT2D eigenvalue weighted by atomic mass is 35.5. The van der Waals surface area contributed by atoms with E-state index in [0.29, 0.717) is 83.3 Å². The van der Waals surface area contributed by atoms with E-state index in [1.54, 1.807) is 49.5 Å². The Kier molecular flexibility index (Phi) is 7.37. The second-order valence-corrected chi connectivity index (χ2v) is 9.18. The molecule has 0 saturated carbocycles. The lowest BCUT2D eigenvalue weighted by molar-refractivity contribution is 0.0746. The van der Waals surface area contributed by atoms with E-state index in [1.807, 2.05) is 35.2 Å². The van der Waals surface area contributed by atoms with Crippen molar-refractivity contribution in [1.82, 2.24) is 14.9 Å². The van der Waals surface area contributed by atoms with Crippen molar-refractivity contribution in [1.29, 1.82) is 0 Å². The molecule has 0 unspecified atom stereocenters. The van der Waals surface area contributed by atoms with E-state index in [0.717, 1.165) is 5.56 Å². The minimum absolute atomic E-state index is 0.143. The summed E-state index contributed by atoms with van der Waals surface area (Å²) < 4.78 is 16.7. The molecule has 10 heteroatoms. The third-order valence-corrected chi connectivity index (χ3v) is 6.89. The first-order valence-electron chi connectivity index (χ1n) is 12.2. The highest BCUT2D eigenvalue weighted by Gasteiger charge is 2.26. The molecule has 1 amide bonds. The molecular weight excluding hydrogens is 506 g/mol. The second kappa shape index (κ2) is 11.0. The number of anilines is 2. The van der Waals surface area contributed by atoms with Gasteiger partial charge in [0.25, 0.3) is 5.91 Å². The van der Waals surface area contributed by atoms with Gasteiger partial charge in [-0.15, -0.1) is 0 Å². The molecule has 0 bridgehead atoms. The number of hydrogen-bond donors (Lipinski definition) is 1. The Labute approximate surface area is 225 Å². The normalized spacial score (nSPS) is 13.4. The number of amides is 1. The SMILES string of the molecule is COc1cc2nc(N3CCN(C(=O)c4cccc(OCc5ccccc5)c4Cl)CC3)nc(N)c2cc1OC. The van der Waals surface area contributed by atoms with E-state index in [2.05, 4.69) is 4.98 Å². The van der Waals surface area contributed by atoms with Gasteiger partial charge >= 0.3 is 0 Å². The molecule has 0 atom stereocenters. The van der Waals surface area contributed by atoms with E-state index < -0.39 is 0 Å². The van der Waals surface area contributed by atoms with Crippen LogP contribution in [0.25, 0.3) is 10.9 Å². The third kappa shape index (κ3) is 5.10. The Morgan fingerprint density at radius 2 is 1.63 bits per heavy atom. The van der Waals surface area contributed by atoms with Crippen LogP contribution in [-0.2, 0) is 6.61 Å². The average molecular weight is 534 g/mol. The number of methoxy groups -OCH3 is 2. The summed E-state index contributed by atoms with van der Waals surface area (Å²) in [5.41, 5.74) is 8.35. The maximum atomic E-state index is 13.3. The molecule has 0 aliphatic carbocycles. The zero-order chi connectivity index (χ0) is 26.6. The molecule has 1 saturated heterocycles. The standard InChI is InChI=1S/C28H28ClN5O4/c1-36-23-15-20-21(16-24(23)37-2)31-28(32-26(20)30)34-13-11-33(12-14-34)27(35)19-9-6-10-22(25(19)29)38-17-18-7-4-3-5-8-18/h3-10,15-16H,11-14,17H2,1-2H3,(H2,30,31,32). The first kappa shape index (κ1) is 25.4. The number of carbonyl (C=O) groups is 1. The molecule has 1 aliphatic heterocycles. The largest absolute Gasteiger partial charge is 0.493 e. The van der Waals surface area contributed by atoms with E-state index in [4.69, 9.17) is 36.5 Å². The van der Waals surface area contributed by atoms with Crippen molar-refractivity contribution in [3.05, 3.63) is 76.8 Å². The number of fused-ring (bicyclic) bond motifs is 1. The van der Waals surface area contributed by atoms with Crippen LogP contribution in [0.2, 0.25) is 5.02 Å². The lowest BCUT2D eigenvalue weighted by Gasteiger charge is -2.35. The van der Waals surface area contributed by atoms with Crippen LogP contribution in [-0.4, -0.2) is 61.2 Å². The topological polar surface area (TPSA) is 103 Å². The maximum Gasteiger partial charge on any atom is 0.255 e. The number of piperazine rings is 1. The summed E-state index contributed by atoms with van der Waals surface area (Å²) in [6, 6.07) is 18.6. The van der Waals surface area contributed by atoms with Gasteiger partial charge in [0.2, 0.25) is 5.95 Å². The third-order valence-electron chi connectivity index (χ3n) is 6.50. The molecule has 5 rings (SSSR count). The van der Waals surface area contributed by atoms with Gasteiger partial charge in [0.1, 0.15) is 18.2 Å². The number of carbonyl (C=O) groups excluding carboxylic acids is 1. The summed E-state index contributed by atoms with van der Waals surface area (Å²) in [5.74, 6) is 2.31. The predicted octanol–water partition coefficient (Wildman–Crippen LogP) is 4.42. The first-order chi connectivity index (χ1) is 18.5. The summed E-state index contributed by atoms with van der Waals surface area (Å²) in [7, 11) is 3.14. The molecular formula is C28H28ClN5O4. The lowest BCUT2D eigenvalue weighted by atomic mass is 10.1. The van der Waals surface area contributed by atoms with Crippen molar-refractivity contribution in [3.63, 3.8) is 0 Å². The van der Waals surface area contributed by atoms with Crippen LogP contribution in [0.15, 0.2) is 60.7 Å². The predicted molar refractivity (Wildman–Crippen MR) is 147 cm³/mol. The summed E-state index contributed by atoms with van der Waals surface area (Å²) in [4.78, 5) is 26.3. The van der Waals surface area contributed by atoms with Gasteiger partial charge in [0.15, 0.2) is 11.5 Å². The molecule has 4 aromatic rings. The minimum atomic E-state index is -0.143. The summed E-state index contributed by atoms with van der Waals surface area (Å²) in [6.45, 7) is 2.43. The molecule has 3 aromatic carbocycles. The number of halogens is 1. The molecule has 1 aliphatic rings. The van der Waals surface area contributed by atoms with Crippen molar-refractivity contribution in [2.75, 3.05) is 51.0 Å². The van der Waals surface area contributed by atoms with E-state index >= 15 is 0 Å². The Hall–Kier alpha value is -4.24. The minimum Gasteiger partial charge on any atom is -0.493 e. The number of nitrogen functional groups attached to an aromatic ring is 1. The fourth-order valence-corrected chi connectivity index (χ4v) is 4.67. The number of aromatic nitrogens is 2. The van der Waals surface area contributed by atoms with Crippen LogP contribution >= 0.6 is 11.6 Å². The highest BCUT2D eigenvalue weighted by Crippen LogP contribution is 2.34. The smallest absolute Gasteiger partial charge is 0.255 e. The Balaban J connectivity index is 1.28. The fraction of sp³-hybridized carbons (Fsp3) is 0.250. The lowest BCUT2D eigenvalue weighted by Crippen LogP contribution is -2.49. The van der Waals surface area contributed by atoms with Crippen LogP contribution in [0, 0.1) is 0 Å². The first-order valence-corrected chi connectivity index (χ1v) is 12.5. The molecule has 2 N–H and O–H groups in total. The molecule has 9 nitrogen and oxygen atoms in total. The van der Waals surface area contributed by atoms with Gasteiger partial charge in [-0.25, -0.2) is 4.98 Å². The number of ether oxygens (including phenoxy) is 3. The van der Waals surface area contributed by atoms with Crippen molar-refractivity contribution < 1.29 is 19.0 Å². The number of nitrogens with zero attached hydrogens (tertiary/aromatic N) is 4. The van der Waals surface area contributed by atoms with E-state index in [-0.39, 0.29) is 5.91 Å². The number of rotatable bonds is 7. The quantitative estimate of drug-likeness (QED) is 0.372. The van der Waals surface area contributed by atoms with Crippen LogP contribution in [0.5, 0.6) is 17.2 Å². The van der Waals surface area contributed by atoms with Crippen molar-refractivity contribution in [2.45, 2.75) is 6.61 Å². The molecule has 1 aromatic heterocycles. The summed E-state index contributed by atoms with van der Waals surface area (Å²) in [6.07, 6.45) is 0. The maximum absolute atomic E-state index is 13.3. The van der Waals surface area contributed by atoms with Gasteiger partial charge < -0.3 is 29.7 Å². The zero-order valence-electron chi connectivity index (χ0n) is 21.2. The number of benzene rings is 3. The van der Waals surface area contributed by atoms with Gasteiger partial charge in [-0.1, -0.05) is 48.0 Å². The Bertz CT molecular complexity index is 1460.